The lowest BCUT2D eigenvalue weighted by atomic mass is 10.2. The Bertz CT molecular complexity index is 873. The van der Waals surface area contributed by atoms with Gasteiger partial charge in [0.1, 0.15) is 17.1 Å². The summed E-state index contributed by atoms with van der Waals surface area (Å²) in [6.07, 6.45) is -0.380. The Morgan fingerprint density at radius 3 is 2.46 bits per heavy atom. The van der Waals surface area contributed by atoms with Crippen molar-refractivity contribution in [1.82, 2.24) is 19.9 Å². The number of aromatic nitrogens is 2. The number of nitrogens with zero attached hydrogens (tertiary/aromatic N) is 4. The summed E-state index contributed by atoms with van der Waals surface area (Å²) < 4.78 is 9.87. The molecule has 3 amide bonds. The van der Waals surface area contributed by atoms with Crippen LogP contribution in [-0.2, 0) is 4.74 Å². The Labute approximate surface area is 161 Å². The quantitative estimate of drug-likeness (QED) is 0.845. The molecule has 0 aliphatic carbocycles. The van der Waals surface area contributed by atoms with E-state index < -0.39 is 5.91 Å². The fourth-order valence-electron chi connectivity index (χ4n) is 2.75. The molecule has 0 spiro atoms. The first-order valence-corrected chi connectivity index (χ1v) is 8.90. The van der Waals surface area contributed by atoms with E-state index in [9.17, 15) is 14.4 Å². The van der Waals surface area contributed by atoms with Gasteiger partial charge in [-0.15, -0.1) is 0 Å². The van der Waals surface area contributed by atoms with Crippen molar-refractivity contribution in [3.05, 3.63) is 41.4 Å². The Morgan fingerprint density at radius 1 is 1.14 bits per heavy atom. The molecule has 10 heteroatoms. The molecule has 0 radical (unpaired) electrons. The van der Waals surface area contributed by atoms with Crippen molar-refractivity contribution < 1.29 is 23.6 Å². The molecular weight excluding hydrogens is 366 g/mol. The number of amides is 3. The minimum Gasteiger partial charge on any atom is -0.450 e. The summed E-state index contributed by atoms with van der Waals surface area (Å²) in [5.74, 6) is 0.0517. The van der Waals surface area contributed by atoms with Crippen LogP contribution in [0.4, 0.5) is 10.6 Å². The number of rotatable bonds is 4. The lowest BCUT2D eigenvalue weighted by Gasteiger charge is -2.33. The van der Waals surface area contributed by atoms with E-state index in [0.29, 0.717) is 38.5 Å². The number of piperazine rings is 1. The minimum atomic E-state index is -0.491. The predicted octanol–water partition coefficient (Wildman–Crippen LogP) is 1.54. The maximum atomic E-state index is 12.7. The smallest absolute Gasteiger partial charge is 0.409 e. The van der Waals surface area contributed by atoms with Crippen molar-refractivity contribution in [3.8, 4) is 0 Å². The molecule has 148 valence electrons. The number of hydrogen-bond acceptors (Lipinski definition) is 7. The fraction of sp³-hybridized carbons (Fsp3) is 0.389. The Morgan fingerprint density at radius 2 is 1.82 bits per heavy atom. The van der Waals surface area contributed by atoms with Gasteiger partial charge in [0.05, 0.1) is 6.61 Å². The summed E-state index contributed by atoms with van der Waals surface area (Å²) in [4.78, 5) is 44.1. The van der Waals surface area contributed by atoms with Crippen molar-refractivity contribution in [2.45, 2.75) is 13.8 Å². The van der Waals surface area contributed by atoms with Crippen molar-refractivity contribution in [2.24, 2.45) is 0 Å². The summed E-state index contributed by atoms with van der Waals surface area (Å²) in [6.45, 7) is 5.28. The first-order valence-electron chi connectivity index (χ1n) is 8.90. The molecule has 2 aromatic rings. The SMILES string of the molecule is CCOC(=O)N1CCN(C(=O)c2cccc(C(=O)Nc3cc(C)on3)n2)CC1. The van der Waals surface area contributed by atoms with E-state index in [-0.39, 0.29) is 29.2 Å². The Balaban J connectivity index is 1.62. The molecule has 0 aromatic carbocycles. The Hall–Kier alpha value is -3.43. The van der Waals surface area contributed by atoms with E-state index in [1.165, 1.54) is 6.07 Å². The number of aryl methyl sites for hydroxylation is 1. The zero-order valence-corrected chi connectivity index (χ0v) is 15.7. The number of pyridine rings is 1. The van der Waals surface area contributed by atoms with Gasteiger partial charge in [-0.05, 0) is 26.0 Å². The number of nitrogens with one attached hydrogen (secondary N) is 1. The van der Waals surface area contributed by atoms with Gasteiger partial charge >= 0.3 is 6.09 Å². The van der Waals surface area contributed by atoms with Crippen LogP contribution >= 0.6 is 0 Å². The third kappa shape index (κ3) is 4.45. The highest BCUT2D eigenvalue weighted by Gasteiger charge is 2.26. The maximum absolute atomic E-state index is 12.7. The monoisotopic (exact) mass is 387 g/mol. The molecule has 0 unspecified atom stereocenters. The van der Waals surface area contributed by atoms with Crippen LogP contribution in [0.1, 0.15) is 33.7 Å². The minimum absolute atomic E-state index is 0.0941. The van der Waals surface area contributed by atoms with Crippen LogP contribution in [0, 0.1) is 6.92 Å². The average molecular weight is 387 g/mol. The van der Waals surface area contributed by atoms with Gasteiger partial charge in [-0.25, -0.2) is 9.78 Å². The van der Waals surface area contributed by atoms with E-state index >= 15 is 0 Å². The molecule has 1 saturated heterocycles. The van der Waals surface area contributed by atoms with E-state index in [2.05, 4.69) is 15.5 Å². The van der Waals surface area contributed by atoms with Gasteiger partial charge in [-0.3, -0.25) is 9.59 Å². The molecule has 0 atom stereocenters. The summed E-state index contributed by atoms with van der Waals surface area (Å²) in [7, 11) is 0. The van der Waals surface area contributed by atoms with Gasteiger partial charge in [-0.1, -0.05) is 11.2 Å². The number of hydrogen-bond donors (Lipinski definition) is 1. The third-order valence-corrected chi connectivity index (χ3v) is 4.16. The summed E-state index contributed by atoms with van der Waals surface area (Å²) in [6, 6.07) is 6.24. The van der Waals surface area contributed by atoms with Crippen molar-refractivity contribution in [1.29, 1.82) is 0 Å². The van der Waals surface area contributed by atoms with Crippen LogP contribution in [0.5, 0.6) is 0 Å². The van der Waals surface area contributed by atoms with Crippen molar-refractivity contribution in [3.63, 3.8) is 0 Å². The molecular formula is C18H21N5O5. The normalized spacial score (nSPS) is 13.9. The topological polar surface area (TPSA) is 118 Å². The van der Waals surface area contributed by atoms with Gasteiger partial charge < -0.3 is 24.4 Å². The van der Waals surface area contributed by atoms with Crippen LogP contribution in [0.3, 0.4) is 0 Å². The second kappa shape index (κ2) is 8.51. The third-order valence-electron chi connectivity index (χ3n) is 4.16. The molecule has 0 saturated carbocycles. The average Bonchev–Trinajstić information content (AvgIpc) is 3.12. The second-order valence-electron chi connectivity index (χ2n) is 6.16. The molecule has 10 nitrogen and oxygen atoms in total. The molecule has 2 aromatic heterocycles. The first kappa shape index (κ1) is 19.3. The van der Waals surface area contributed by atoms with Crippen LogP contribution < -0.4 is 5.32 Å². The number of carbonyl (C=O) groups is 3. The van der Waals surface area contributed by atoms with E-state index in [1.54, 1.807) is 41.8 Å². The van der Waals surface area contributed by atoms with E-state index in [4.69, 9.17) is 9.26 Å². The summed E-state index contributed by atoms with van der Waals surface area (Å²) in [5, 5.41) is 6.26. The molecule has 1 N–H and O–H groups in total. The molecule has 1 aliphatic rings. The largest absolute Gasteiger partial charge is 0.450 e. The van der Waals surface area contributed by atoms with Crippen LogP contribution in [-0.4, -0.2) is 70.6 Å². The zero-order chi connectivity index (χ0) is 20.1. The standard InChI is InChI=1S/C18H21N5O5/c1-3-27-18(26)23-9-7-22(8-10-23)17(25)14-6-4-5-13(19-14)16(24)20-15-11-12(2)28-21-15/h4-6,11H,3,7-10H2,1-2H3,(H,20,21,24). The molecule has 3 rings (SSSR count). The van der Waals surface area contributed by atoms with E-state index in [0.717, 1.165) is 0 Å². The van der Waals surface area contributed by atoms with Crippen molar-refractivity contribution in [2.75, 3.05) is 38.1 Å². The predicted molar refractivity (Wildman–Crippen MR) is 97.9 cm³/mol. The highest BCUT2D eigenvalue weighted by Crippen LogP contribution is 2.11. The lowest BCUT2D eigenvalue weighted by Crippen LogP contribution is -2.50. The van der Waals surface area contributed by atoms with Crippen LogP contribution in [0.2, 0.25) is 0 Å². The zero-order valence-electron chi connectivity index (χ0n) is 15.7. The first-order chi connectivity index (χ1) is 13.5. The second-order valence-corrected chi connectivity index (χ2v) is 6.16. The number of carbonyl (C=O) groups excluding carboxylic acids is 3. The van der Waals surface area contributed by atoms with Gasteiger partial charge in [-0.2, -0.15) is 0 Å². The van der Waals surface area contributed by atoms with E-state index in [1.807, 2.05) is 0 Å². The maximum Gasteiger partial charge on any atom is 0.409 e. The lowest BCUT2D eigenvalue weighted by molar-refractivity contribution is 0.0566. The number of ether oxygens (including phenoxy) is 1. The molecule has 0 bridgehead atoms. The summed E-state index contributed by atoms with van der Waals surface area (Å²) in [5.41, 5.74) is 0.255. The highest BCUT2D eigenvalue weighted by molar-refractivity contribution is 6.03. The van der Waals surface area contributed by atoms with Gasteiger partial charge in [0, 0.05) is 32.2 Å². The fourth-order valence-corrected chi connectivity index (χ4v) is 2.75. The van der Waals surface area contributed by atoms with Gasteiger partial charge in [0.25, 0.3) is 11.8 Å². The summed E-state index contributed by atoms with van der Waals surface area (Å²) >= 11 is 0. The Kier molecular flexibility index (Phi) is 5.87. The molecule has 3 heterocycles. The van der Waals surface area contributed by atoms with Crippen LogP contribution in [0.15, 0.2) is 28.8 Å². The molecule has 1 aliphatic heterocycles. The number of anilines is 1. The highest BCUT2D eigenvalue weighted by atomic mass is 16.6. The molecule has 1 fully saturated rings. The van der Waals surface area contributed by atoms with Crippen molar-refractivity contribution >= 4 is 23.7 Å². The molecule has 28 heavy (non-hydrogen) atoms. The van der Waals surface area contributed by atoms with Gasteiger partial charge in [0.2, 0.25) is 0 Å². The van der Waals surface area contributed by atoms with Gasteiger partial charge in [0.15, 0.2) is 5.82 Å². The van der Waals surface area contributed by atoms with Crippen LogP contribution in [0.25, 0.3) is 0 Å².